The first-order valence-electron chi connectivity index (χ1n) is 8.61. The third-order valence-corrected chi connectivity index (χ3v) is 4.71. The summed E-state index contributed by atoms with van der Waals surface area (Å²) < 4.78 is 10.2. The van der Waals surface area contributed by atoms with Crippen LogP contribution in [0.5, 0.6) is 5.75 Å². The van der Waals surface area contributed by atoms with E-state index in [-0.39, 0.29) is 11.5 Å². The van der Waals surface area contributed by atoms with Gasteiger partial charge in [0.2, 0.25) is 0 Å². The van der Waals surface area contributed by atoms with Crippen molar-refractivity contribution in [2.45, 2.75) is 0 Å². The first-order valence-corrected chi connectivity index (χ1v) is 9.49. The fraction of sp³-hybridized carbons (Fsp3) is 0.0952. The maximum absolute atomic E-state index is 12.1. The number of anilines is 2. The summed E-state index contributed by atoms with van der Waals surface area (Å²) in [4.78, 5) is 36.8. The maximum Gasteiger partial charge on any atom is 0.338 e. The molecule has 1 aromatic heterocycles. The molecule has 7 nitrogen and oxygen atoms in total. The Balaban J connectivity index is 1.51. The van der Waals surface area contributed by atoms with Gasteiger partial charge >= 0.3 is 5.97 Å². The smallest absolute Gasteiger partial charge is 0.338 e. The Hall–Kier alpha value is -3.65. The molecule has 0 radical (unpaired) electrons. The molecule has 0 spiro atoms. The van der Waals surface area contributed by atoms with Gasteiger partial charge in [0.05, 0.1) is 23.2 Å². The van der Waals surface area contributed by atoms with E-state index in [0.29, 0.717) is 22.0 Å². The number of carbonyl (C=O) groups is 3. The molecule has 0 saturated carbocycles. The van der Waals surface area contributed by atoms with E-state index in [9.17, 15) is 14.4 Å². The number of ether oxygens (including phenoxy) is 2. The van der Waals surface area contributed by atoms with Crippen LogP contribution in [0.15, 0.2) is 66.0 Å². The van der Waals surface area contributed by atoms with Crippen molar-refractivity contribution in [1.29, 1.82) is 0 Å². The lowest BCUT2D eigenvalue weighted by Gasteiger charge is -2.10. The molecule has 2 N–H and O–H groups in total. The molecule has 0 atom stereocenters. The molecule has 0 unspecified atom stereocenters. The summed E-state index contributed by atoms with van der Waals surface area (Å²) in [5.41, 5.74) is 1.31. The SMILES string of the molecule is COc1ccccc1NC(=O)COC(=O)c1ccc(NC(=O)c2cccs2)cc1. The highest BCUT2D eigenvalue weighted by Gasteiger charge is 2.13. The summed E-state index contributed by atoms with van der Waals surface area (Å²) in [6, 6.07) is 16.7. The molecule has 1 heterocycles. The second-order valence-electron chi connectivity index (χ2n) is 5.83. The molecular weight excluding hydrogens is 392 g/mol. The Bertz CT molecular complexity index is 1000. The van der Waals surface area contributed by atoms with Crippen molar-refractivity contribution >= 4 is 40.5 Å². The van der Waals surface area contributed by atoms with E-state index in [0.717, 1.165) is 0 Å². The highest BCUT2D eigenvalue weighted by molar-refractivity contribution is 7.12. The number of nitrogens with one attached hydrogen (secondary N) is 2. The van der Waals surface area contributed by atoms with Gasteiger partial charge in [-0.3, -0.25) is 9.59 Å². The van der Waals surface area contributed by atoms with Crippen molar-refractivity contribution in [3.05, 3.63) is 76.5 Å². The van der Waals surface area contributed by atoms with Crippen molar-refractivity contribution in [3.63, 3.8) is 0 Å². The van der Waals surface area contributed by atoms with Crippen molar-refractivity contribution in [2.75, 3.05) is 24.4 Å². The lowest BCUT2D eigenvalue weighted by molar-refractivity contribution is -0.119. The van der Waals surface area contributed by atoms with E-state index in [1.807, 2.05) is 5.38 Å². The van der Waals surface area contributed by atoms with Crippen molar-refractivity contribution < 1.29 is 23.9 Å². The summed E-state index contributed by atoms with van der Waals surface area (Å²) in [5.74, 6) is -0.838. The van der Waals surface area contributed by atoms with Gasteiger partial charge in [-0.1, -0.05) is 18.2 Å². The minimum Gasteiger partial charge on any atom is -0.495 e. The molecule has 8 heteroatoms. The zero-order chi connectivity index (χ0) is 20.6. The first-order chi connectivity index (χ1) is 14.1. The minimum absolute atomic E-state index is 0.219. The summed E-state index contributed by atoms with van der Waals surface area (Å²) in [5, 5.41) is 7.18. The molecule has 0 aliphatic heterocycles. The van der Waals surface area contributed by atoms with Crippen LogP contribution in [0.3, 0.4) is 0 Å². The van der Waals surface area contributed by atoms with E-state index in [2.05, 4.69) is 10.6 Å². The molecule has 0 aliphatic rings. The van der Waals surface area contributed by atoms with Crippen molar-refractivity contribution in [1.82, 2.24) is 0 Å². The number of hydrogen-bond donors (Lipinski definition) is 2. The molecule has 0 aliphatic carbocycles. The van der Waals surface area contributed by atoms with Gasteiger partial charge in [0.15, 0.2) is 6.61 Å². The number of para-hydroxylation sites is 2. The van der Waals surface area contributed by atoms with Crippen LogP contribution < -0.4 is 15.4 Å². The van der Waals surface area contributed by atoms with E-state index in [4.69, 9.17) is 9.47 Å². The third-order valence-electron chi connectivity index (χ3n) is 3.84. The van der Waals surface area contributed by atoms with Gasteiger partial charge in [-0.15, -0.1) is 11.3 Å². The third kappa shape index (κ3) is 5.43. The molecule has 2 amide bonds. The summed E-state index contributed by atoms with van der Waals surface area (Å²) in [7, 11) is 1.50. The molecule has 0 saturated heterocycles. The predicted octanol–water partition coefficient (Wildman–Crippen LogP) is 3.80. The quantitative estimate of drug-likeness (QED) is 0.578. The summed E-state index contributed by atoms with van der Waals surface area (Å²) in [6.07, 6.45) is 0. The molecule has 0 bridgehead atoms. The number of rotatable bonds is 7. The molecule has 2 aromatic carbocycles. The van der Waals surface area contributed by atoms with Crippen molar-refractivity contribution in [3.8, 4) is 5.75 Å². The van der Waals surface area contributed by atoms with Gasteiger partial charge in [-0.05, 0) is 47.8 Å². The second-order valence-corrected chi connectivity index (χ2v) is 6.78. The Morgan fingerprint density at radius 1 is 0.931 bits per heavy atom. The molecular formula is C21H18N2O5S. The molecule has 3 aromatic rings. The molecule has 29 heavy (non-hydrogen) atoms. The Morgan fingerprint density at radius 2 is 1.69 bits per heavy atom. The predicted molar refractivity (Wildman–Crippen MR) is 111 cm³/mol. The summed E-state index contributed by atoms with van der Waals surface area (Å²) >= 11 is 1.34. The van der Waals surface area contributed by atoms with Crippen LogP contribution in [-0.4, -0.2) is 31.5 Å². The molecule has 3 rings (SSSR count). The lowest BCUT2D eigenvalue weighted by Crippen LogP contribution is -2.21. The molecule has 0 fully saturated rings. The highest BCUT2D eigenvalue weighted by Crippen LogP contribution is 2.22. The Kier molecular flexibility index (Phi) is 6.59. The average Bonchev–Trinajstić information content (AvgIpc) is 3.28. The van der Waals surface area contributed by atoms with Gasteiger partial charge in [0.25, 0.3) is 11.8 Å². The minimum atomic E-state index is -0.642. The van der Waals surface area contributed by atoms with E-state index in [1.165, 1.54) is 30.6 Å². The summed E-state index contributed by atoms with van der Waals surface area (Å²) in [6.45, 7) is -0.437. The van der Waals surface area contributed by atoms with Gasteiger partial charge in [0, 0.05) is 5.69 Å². The van der Waals surface area contributed by atoms with Crippen LogP contribution >= 0.6 is 11.3 Å². The van der Waals surface area contributed by atoms with Crippen LogP contribution in [-0.2, 0) is 9.53 Å². The monoisotopic (exact) mass is 410 g/mol. The Labute approximate surface area is 171 Å². The van der Waals surface area contributed by atoms with E-state index >= 15 is 0 Å². The lowest BCUT2D eigenvalue weighted by atomic mass is 10.2. The van der Waals surface area contributed by atoms with Gasteiger partial charge in [0.1, 0.15) is 5.75 Å². The second kappa shape index (κ2) is 9.52. The number of amides is 2. The Morgan fingerprint density at radius 3 is 2.38 bits per heavy atom. The first kappa shape index (κ1) is 20.1. The van der Waals surface area contributed by atoms with Gasteiger partial charge in [-0.2, -0.15) is 0 Å². The van der Waals surface area contributed by atoms with E-state index < -0.39 is 18.5 Å². The normalized spacial score (nSPS) is 10.1. The van der Waals surface area contributed by atoms with E-state index in [1.54, 1.807) is 48.5 Å². The number of thiophene rings is 1. The number of hydrogen-bond acceptors (Lipinski definition) is 6. The fourth-order valence-corrected chi connectivity index (χ4v) is 3.06. The number of methoxy groups -OCH3 is 1. The van der Waals surface area contributed by atoms with Crippen molar-refractivity contribution in [2.24, 2.45) is 0 Å². The zero-order valence-corrected chi connectivity index (χ0v) is 16.3. The topological polar surface area (TPSA) is 93.7 Å². The van der Waals surface area contributed by atoms with Crippen LogP contribution in [0, 0.1) is 0 Å². The van der Waals surface area contributed by atoms with Crippen LogP contribution in [0.1, 0.15) is 20.0 Å². The van der Waals surface area contributed by atoms with Crippen LogP contribution in [0.25, 0.3) is 0 Å². The van der Waals surface area contributed by atoms with Crippen LogP contribution in [0.2, 0.25) is 0 Å². The fourth-order valence-electron chi connectivity index (χ4n) is 2.44. The largest absolute Gasteiger partial charge is 0.495 e. The van der Waals surface area contributed by atoms with Gasteiger partial charge < -0.3 is 20.1 Å². The highest BCUT2D eigenvalue weighted by atomic mass is 32.1. The zero-order valence-electron chi connectivity index (χ0n) is 15.5. The standard InChI is InChI=1S/C21H18N2O5S/c1-27-17-6-3-2-5-16(17)23-19(24)13-28-21(26)14-8-10-15(11-9-14)22-20(25)18-7-4-12-29-18/h2-12H,13H2,1H3,(H,22,25)(H,23,24). The molecule has 148 valence electrons. The van der Waals surface area contributed by atoms with Crippen LogP contribution in [0.4, 0.5) is 11.4 Å². The van der Waals surface area contributed by atoms with Gasteiger partial charge in [-0.25, -0.2) is 4.79 Å². The number of carbonyl (C=O) groups excluding carboxylic acids is 3. The average molecular weight is 410 g/mol. The number of benzene rings is 2. The number of esters is 1. The maximum atomic E-state index is 12.1.